The zero-order valence-corrected chi connectivity index (χ0v) is 14.3. The van der Waals surface area contributed by atoms with Crippen LogP contribution in [-0.4, -0.2) is 55.4 Å². The summed E-state index contributed by atoms with van der Waals surface area (Å²) in [5, 5.41) is 0. The van der Waals surface area contributed by atoms with Crippen molar-refractivity contribution in [3.05, 3.63) is 29.8 Å². The minimum Gasteiger partial charge on any atom is -0.497 e. The number of nitrogens with zero attached hydrogens (tertiary/aromatic N) is 2. The molecule has 1 aromatic carbocycles. The average Bonchev–Trinajstić information content (AvgIpc) is 3.20. The van der Waals surface area contributed by atoms with E-state index in [2.05, 4.69) is 0 Å². The van der Waals surface area contributed by atoms with Crippen LogP contribution in [-0.2, 0) is 9.59 Å². The van der Waals surface area contributed by atoms with Crippen molar-refractivity contribution in [3.63, 3.8) is 0 Å². The number of carbonyl (C=O) groups is 2. The smallest absolute Gasteiger partial charge is 0.228 e. The van der Waals surface area contributed by atoms with Crippen LogP contribution >= 0.6 is 0 Å². The summed E-state index contributed by atoms with van der Waals surface area (Å²) in [6.45, 7) is 2.05. The summed E-state index contributed by atoms with van der Waals surface area (Å²) in [5.41, 5.74) is 6.70. The number of rotatable bonds is 4. The second kappa shape index (κ2) is 6.81. The van der Waals surface area contributed by atoms with Crippen molar-refractivity contribution in [2.24, 2.45) is 17.6 Å². The number of likely N-dealkylation sites (tertiary alicyclic amines) is 2. The first kappa shape index (κ1) is 16.8. The Kier molecular flexibility index (Phi) is 4.76. The Morgan fingerprint density at radius 2 is 2.04 bits per heavy atom. The molecule has 1 aromatic rings. The molecule has 2 saturated heterocycles. The molecule has 0 unspecified atom stereocenters. The zero-order valence-electron chi connectivity index (χ0n) is 14.3. The van der Waals surface area contributed by atoms with Gasteiger partial charge in [-0.25, -0.2) is 0 Å². The lowest BCUT2D eigenvalue weighted by molar-refractivity contribution is -0.135. The molecule has 3 rings (SSSR count). The molecule has 2 aliphatic rings. The molecule has 6 nitrogen and oxygen atoms in total. The van der Waals surface area contributed by atoms with E-state index in [1.165, 1.54) is 0 Å². The predicted octanol–water partition coefficient (Wildman–Crippen LogP) is 1.02. The molecule has 0 radical (unpaired) electrons. The van der Waals surface area contributed by atoms with Crippen LogP contribution < -0.4 is 10.5 Å². The number of ether oxygens (including phenoxy) is 1. The summed E-state index contributed by atoms with van der Waals surface area (Å²) >= 11 is 0. The van der Waals surface area contributed by atoms with Crippen LogP contribution in [0.15, 0.2) is 24.3 Å². The van der Waals surface area contributed by atoms with Gasteiger partial charge in [0, 0.05) is 26.6 Å². The molecule has 2 fully saturated rings. The van der Waals surface area contributed by atoms with E-state index in [0.29, 0.717) is 19.0 Å². The van der Waals surface area contributed by atoms with Crippen LogP contribution in [0, 0.1) is 11.8 Å². The fourth-order valence-electron chi connectivity index (χ4n) is 3.81. The normalized spacial score (nSPS) is 27.0. The zero-order chi connectivity index (χ0) is 17.3. The van der Waals surface area contributed by atoms with Crippen molar-refractivity contribution in [1.29, 1.82) is 0 Å². The summed E-state index contributed by atoms with van der Waals surface area (Å²) in [5.74, 6) is 0.905. The molecule has 0 aromatic heterocycles. The summed E-state index contributed by atoms with van der Waals surface area (Å²) in [6.07, 6.45) is 1.22. The van der Waals surface area contributed by atoms with E-state index in [1.54, 1.807) is 19.1 Å². The van der Waals surface area contributed by atoms with Gasteiger partial charge in [-0.05, 0) is 36.6 Å². The van der Waals surface area contributed by atoms with Crippen LogP contribution in [0.4, 0.5) is 0 Å². The molecule has 0 spiro atoms. The average molecular weight is 331 g/mol. The Hall–Kier alpha value is -2.08. The van der Waals surface area contributed by atoms with Crippen LogP contribution in [0.2, 0.25) is 0 Å². The van der Waals surface area contributed by atoms with Gasteiger partial charge in [0.2, 0.25) is 11.8 Å². The summed E-state index contributed by atoms with van der Waals surface area (Å²) in [6, 6.07) is 7.39. The highest BCUT2D eigenvalue weighted by atomic mass is 16.5. The fourth-order valence-corrected chi connectivity index (χ4v) is 3.81. The first-order valence-electron chi connectivity index (χ1n) is 8.43. The number of hydrogen-bond donors (Lipinski definition) is 1. The quantitative estimate of drug-likeness (QED) is 0.894. The van der Waals surface area contributed by atoms with E-state index < -0.39 is 0 Å². The minimum absolute atomic E-state index is 0.0174. The highest BCUT2D eigenvalue weighted by Crippen LogP contribution is 2.39. The van der Waals surface area contributed by atoms with Crippen LogP contribution in [0.5, 0.6) is 5.75 Å². The largest absolute Gasteiger partial charge is 0.497 e. The molecular weight excluding hydrogens is 306 g/mol. The van der Waals surface area contributed by atoms with Gasteiger partial charge in [-0.1, -0.05) is 12.1 Å². The molecule has 2 amide bonds. The van der Waals surface area contributed by atoms with E-state index >= 15 is 0 Å². The maximum absolute atomic E-state index is 13.0. The SMILES string of the molecule is COc1ccc([C@@H]2[C@H](C(=O)N3CC[C@@H](CN)C3)CC(=O)N2C)cc1. The lowest BCUT2D eigenvalue weighted by Gasteiger charge is -2.28. The second-order valence-corrected chi connectivity index (χ2v) is 6.71. The van der Waals surface area contributed by atoms with Crippen LogP contribution in [0.1, 0.15) is 24.4 Å². The molecule has 2 heterocycles. The standard InChI is InChI=1S/C18H25N3O3/c1-20-16(22)9-15(18(23)21-8-7-12(10-19)11-21)17(20)13-3-5-14(24-2)6-4-13/h3-6,12,15,17H,7-11,19H2,1-2H3/t12-,15+,17+/m0/s1. The number of benzene rings is 1. The van der Waals surface area contributed by atoms with Crippen LogP contribution in [0.25, 0.3) is 0 Å². The number of nitrogens with two attached hydrogens (primary N) is 1. The van der Waals surface area contributed by atoms with Gasteiger partial charge in [-0.15, -0.1) is 0 Å². The number of amides is 2. The molecule has 24 heavy (non-hydrogen) atoms. The third kappa shape index (κ3) is 2.98. The molecule has 130 valence electrons. The van der Waals surface area contributed by atoms with Gasteiger partial charge in [0.1, 0.15) is 5.75 Å². The fraction of sp³-hybridized carbons (Fsp3) is 0.556. The molecule has 0 saturated carbocycles. The van der Waals surface area contributed by atoms with Gasteiger partial charge in [0.15, 0.2) is 0 Å². The first-order chi connectivity index (χ1) is 11.5. The Balaban J connectivity index is 1.82. The molecule has 2 aliphatic heterocycles. The topological polar surface area (TPSA) is 75.9 Å². The van der Waals surface area contributed by atoms with Gasteiger partial charge < -0.3 is 20.3 Å². The lowest BCUT2D eigenvalue weighted by atomic mass is 9.92. The van der Waals surface area contributed by atoms with E-state index in [-0.39, 0.29) is 30.2 Å². The van der Waals surface area contributed by atoms with Gasteiger partial charge >= 0.3 is 0 Å². The predicted molar refractivity (Wildman–Crippen MR) is 90.4 cm³/mol. The molecule has 0 aliphatic carbocycles. The molecule has 3 atom stereocenters. The van der Waals surface area contributed by atoms with Crippen LogP contribution in [0.3, 0.4) is 0 Å². The molecule has 6 heteroatoms. The third-order valence-corrected chi connectivity index (χ3v) is 5.29. The summed E-state index contributed by atoms with van der Waals surface area (Å²) in [4.78, 5) is 28.8. The number of hydrogen-bond acceptors (Lipinski definition) is 4. The number of methoxy groups -OCH3 is 1. The lowest BCUT2D eigenvalue weighted by Crippen LogP contribution is -2.37. The van der Waals surface area contributed by atoms with E-state index in [0.717, 1.165) is 24.3 Å². The molecular formula is C18H25N3O3. The van der Waals surface area contributed by atoms with Crippen molar-refractivity contribution < 1.29 is 14.3 Å². The first-order valence-corrected chi connectivity index (χ1v) is 8.43. The van der Waals surface area contributed by atoms with E-state index in [1.807, 2.05) is 29.2 Å². The summed E-state index contributed by atoms with van der Waals surface area (Å²) < 4.78 is 5.19. The minimum atomic E-state index is -0.326. The van der Waals surface area contributed by atoms with Crippen molar-refractivity contribution in [2.45, 2.75) is 18.9 Å². The van der Waals surface area contributed by atoms with Gasteiger partial charge in [0.05, 0.1) is 19.1 Å². The molecule has 0 bridgehead atoms. The monoisotopic (exact) mass is 331 g/mol. The highest BCUT2D eigenvalue weighted by Gasteiger charge is 2.45. The Labute approximate surface area is 142 Å². The molecule has 2 N–H and O–H groups in total. The van der Waals surface area contributed by atoms with Gasteiger partial charge in [0.25, 0.3) is 0 Å². The number of carbonyl (C=O) groups excluding carboxylic acids is 2. The Morgan fingerprint density at radius 3 is 2.62 bits per heavy atom. The Morgan fingerprint density at radius 1 is 1.33 bits per heavy atom. The Bertz CT molecular complexity index is 616. The maximum Gasteiger partial charge on any atom is 0.228 e. The van der Waals surface area contributed by atoms with Crippen molar-refractivity contribution in [3.8, 4) is 5.75 Å². The van der Waals surface area contributed by atoms with E-state index in [9.17, 15) is 9.59 Å². The highest BCUT2D eigenvalue weighted by molar-refractivity contribution is 5.90. The van der Waals surface area contributed by atoms with Crippen molar-refractivity contribution >= 4 is 11.8 Å². The summed E-state index contributed by atoms with van der Waals surface area (Å²) in [7, 11) is 3.39. The second-order valence-electron chi connectivity index (χ2n) is 6.71. The van der Waals surface area contributed by atoms with E-state index in [4.69, 9.17) is 10.5 Å². The maximum atomic E-state index is 13.0. The van der Waals surface area contributed by atoms with Crippen molar-refractivity contribution in [1.82, 2.24) is 9.80 Å². The van der Waals surface area contributed by atoms with Crippen molar-refractivity contribution in [2.75, 3.05) is 33.8 Å². The third-order valence-electron chi connectivity index (χ3n) is 5.29. The van der Waals surface area contributed by atoms with Gasteiger partial charge in [-0.2, -0.15) is 0 Å². The van der Waals surface area contributed by atoms with Gasteiger partial charge in [-0.3, -0.25) is 9.59 Å².